The van der Waals surface area contributed by atoms with Crippen LogP contribution >= 0.6 is 0 Å². The molecular formula is C18H29NO2. The molecule has 1 aliphatic rings. The van der Waals surface area contributed by atoms with E-state index in [4.69, 9.17) is 4.74 Å². The lowest BCUT2D eigenvalue weighted by atomic mass is 9.98. The van der Waals surface area contributed by atoms with Gasteiger partial charge in [-0.3, -0.25) is 0 Å². The zero-order valence-corrected chi connectivity index (χ0v) is 13.2. The average molecular weight is 291 g/mol. The summed E-state index contributed by atoms with van der Waals surface area (Å²) in [6, 6.07) is 8.32. The van der Waals surface area contributed by atoms with Crippen molar-refractivity contribution in [2.75, 3.05) is 13.2 Å². The van der Waals surface area contributed by atoms with E-state index in [1.54, 1.807) is 0 Å². The van der Waals surface area contributed by atoms with Crippen molar-refractivity contribution >= 4 is 0 Å². The molecule has 118 valence electrons. The standard InChI is InChI=1S/C18H29NO2/c1-2-3-6-13-21-17-9-7-16(8-10-17)14-19-18(15-20)11-4-5-12-18/h7-10,19-20H,2-6,11-15H2,1H3. The minimum absolute atomic E-state index is 0.0463. The van der Waals surface area contributed by atoms with Gasteiger partial charge in [-0.05, 0) is 37.0 Å². The summed E-state index contributed by atoms with van der Waals surface area (Å²) in [6.07, 6.45) is 8.19. The number of aliphatic hydroxyl groups excluding tert-OH is 1. The fraction of sp³-hybridized carbons (Fsp3) is 0.667. The SMILES string of the molecule is CCCCCOc1ccc(CNC2(CO)CCCC2)cc1. The first-order chi connectivity index (χ1) is 10.3. The fourth-order valence-electron chi connectivity index (χ4n) is 2.98. The minimum atomic E-state index is -0.0463. The first-order valence-corrected chi connectivity index (χ1v) is 8.36. The zero-order valence-electron chi connectivity index (χ0n) is 13.2. The van der Waals surface area contributed by atoms with Gasteiger partial charge in [0.25, 0.3) is 0 Å². The summed E-state index contributed by atoms with van der Waals surface area (Å²) in [5.41, 5.74) is 1.20. The van der Waals surface area contributed by atoms with Crippen LogP contribution in [0, 0.1) is 0 Å². The quantitative estimate of drug-likeness (QED) is 0.682. The second-order valence-electron chi connectivity index (χ2n) is 6.20. The van der Waals surface area contributed by atoms with Crippen molar-refractivity contribution in [3.8, 4) is 5.75 Å². The Morgan fingerprint density at radius 1 is 1.14 bits per heavy atom. The zero-order chi connectivity index (χ0) is 15.0. The third-order valence-electron chi connectivity index (χ3n) is 4.47. The van der Waals surface area contributed by atoms with Crippen molar-refractivity contribution in [1.82, 2.24) is 5.32 Å². The predicted octanol–water partition coefficient (Wildman–Crippen LogP) is 3.65. The highest BCUT2D eigenvalue weighted by Crippen LogP contribution is 2.29. The summed E-state index contributed by atoms with van der Waals surface area (Å²) in [5, 5.41) is 13.1. The molecule has 0 radical (unpaired) electrons. The van der Waals surface area contributed by atoms with Crippen molar-refractivity contribution < 1.29 is 9.84 Å². The molecule has 1 fully saturated rings. The number of unbranched alkanes of at least 4 members (excludes halogenated alkanes) is 2. The van der Waals surface area contributed by atoms with Crippen LogP contribution in [-0.2, 0) is 6.54 Å². The molecule has 1 saturated carbocycles. The summed E-state index contributed by atoms with van der Waals surface area (Å²) in [7, 11) is 0. The van der Waals surface area contributed by atoms with E-state index < -0.39 is 0 Å². The molecule has 21 heavy (non-hydrogen) atoms. The van der Waals surface area contributed by atoms with Crippen LogP contribution in [0.4, 0.5) is 0 Å². The van der Waals surface area contributed by atoms with Gasteiger partial charge in [0.1, 0.15) is 5.75 Å². The molecule has 0 saturated heterocycles. The number of aliphatic hydroxyl groups is 1. The van der Waals surface area contributed by atoms with Gasteiger partial charge in [-0.25, -0.2) is 0 Å². The van der Waals surface area contributed by atoms with Gasteiger partial charge in [0, 0.05) is 12.1 Å². The van der Waals surface area contributed by atoms with E-state index in [1.807, 2.05) is 12.1 Å². The highest BCUT2D eigenvalue weighted by Gasteiger charge is 2.32. The van der Waals surface area contributed by atoms with Crippen LogP contribution in [0.1, 0.15) is 57.4 Å². The van der Waals surface area contributed by atoms with Crippen LogP contribution in [0.5, 0.6) is 5.75 Å². The van der Waals surface area contributed by atoms with Crippen molar-refractivity contribution in [1.29, 1.82) is 0 Å². The first-order valence-electron chi connectivity index (χ1n) is 8.36. The maximum Gasteiger partial charge on any atom is 0.119 e. The van der Waals surface area contributed by atoms with Gasteiger partial charge in [-0.2, -0.15) is 0 Å². The molecule has 1 aliphatic carbocycles. The van der Waals surface area contributed by atoms with Gasteiger partial charge in [-0.15, -0.1) is 0 Å². The van der Waals surface area contributed by atoms with Gasteiger partial charge < -0.3 is 15.2 Å². The van der Waals surface area contributed by atoms with E-state index in [9.17, 15) is 5.11 Å². The molecular weight excluding hydrogens is 262 g/mol. The van der Waals surface area contributed by atoms with Gasteiger partial charge >= 0.3 is 0 Å². The van der Waals surface area contributed by atoms with Crippen LogP contribution in [-0.4, -0.2) is 23.9 Å². The first kappa shape index (κ1) is 16.3. The van der Waals surface area contributed by atoms with Crippen molar-refractivity contribution in [2.45, 2.75) is 64.0 Å². The summed E-state index contributed by atoms with van der Waals surface area (Å²) >= 11 is 0. The Morgan fingerprint density at radius 2 is 1.86 bits per heavy atom. The summed E-state index contributed by atoms with van der Waals surface area (Å²) in [6.45, 7) is 4.06. The van der Waals surface area contributed by atoms with Crippen LogP contribution < -0.4 is 10.1 Å². The number of hydrogen-bond acceptors (Lipinski definition) is 3. The molecule has 1 aromatic carbocycles. The highest BCUT2D eigenvalue weighted by atomic mass is 16.5. The van der Waals surface area contributed by atoms with Crippen LogP contribution in [0.2, 0.25) is 0 Å². The third kappa shape index (κ3) is 5.01. The van der Waals surface area contributed by atoms with E-state index in [2.05, 4.69) is 24.4 Å². The second-order valence-corrected chi connectivity index (χ2v) is 6.20. The maximum atomic E-state index is 9.60. The Bertz CT molecular complexity index is 396. The fourth-order valence-corrected chi connectivity index (χ4v) is 2.98. The Hall–Kier alpha value is -1.06. The number of rotatable bonds is 9. The topological polar surface area (TPSA) is 41.5 Å². The van der Waals surface area contributed by atoms with E-state index >= 15 is 0 Å². The lowest BCUT2D eigenvalue weighted by molar-refractivity contribution is 0.163. The van der Waals surface area contributed by atoms with E-state index in [1.165, 1.54) is 31.2 Å². The van der Waals surface area contributed by atoms with Crippen LogP contribution in [0.25, 0.3) is 0 Å². The van der Waals surface area contributed by atoms with Gasteiger partial charge in [0.05, 0.1) is 13.2 Å². The molecule has 2 rings (SSSR count). The summed E-state index contributed by atoms with van der Waals surface area (Å²) in [5.74, 6) is 0.951. The molecule has 0 spiro atoms. The van der Waals surface area contributed by atoms with Gasteiger partial charge in [0.2, 0.25) is 0 Å². The minimum Gasteiger partial charge on any atom is -0.494 e. The second kappa shape index (κ2) is 8.40. The van der Waals surface area contributed by atoms with E-state index in [0.717, 1.165) is 38.2 Å². The number of hydrogen-bond donors (Lipinski definition) is 2. The number of benzene rings is 1. The summed E-state index contributed by atoms with van der Waals surface area (Å²) in [4.78, 5) is 0. The molecule has 0 aliphatic heterocycles. The van der Waals surface area contributed by atoms with Crippen molar-refractivity contribution in [2.24, 2.45) is 0 Å². The normalized spacial score (nSPS) is 17.0. The molecule has 0 heterocycles. The Kier molecular flexibility index (Phi) is 6.52. The molecule has 0 amide bonds. The molecule has 1 aromatic rings. The van der Waals surface area contributed by atoms with E-state index in [0.29, 0.717) is 0 Å². The lowest BCUT2D eigenvalue weighted by Crippen LogP contribution is -2.45. The van der Waals surface area contributed by atoms with Gasteiger partial charge in [0.15, 0.2) is 0 Å². The summed E-state index contributed by atoms with van der Waals surface area (Å²) < 4.78 is 5.72. The monoisotopic (exact) mass is 291 g/mol. The Labute approximate surface area is 128 Å². The molecule has 0 atom stereocenters. The van der Waals surface area contributed by atoms with E-state index in [-0.39, 0.29) is 12.1 Å². The third-order valence-corrected chi connectivity index (χ3v) is 4.47. The molecule has 0 bridgehead atoms. The Balaban J connectivity index is 1.76. The molecule has 0 aromatic heterocycles. The van der Waals surface area contributed by atoms with Gasteiger partial charge in [-0.1, -0.05) is 44.7 Å². The predicted molar refractivity (Wildman–Crippen MR) is 86.6 cm³/mol. The van der Waals surface area contributed by atoms with Crippen molar-refractivity contribution in [3.05, 3.63) is 29.8 Å². The molecule has 0 unspecified atom stereocenters. The van der Waals surface area contributed by atoms with Crippen LogP contribution in [0.15, 0.2) is 24.3 Å². The van der Waals surface area contributed by atoms with Crippen LogP contribution in [0.3, 0.4) is 0 Å². The Morgan fingerprint density at radius 3 is 2.48 bits per heavy atom. The van der Waals surface area contributed by atoms with Crippen molar-refractivity contribution in [3.63, 3.8) is 0 Å². The molecule has 3 heteroatoms. The maximum absolute atomic E-state index is 9.60. The molecule has 3 nitrogen and oxygen atoms in total. The highest BCUT2D eigenvalue weighted by molar-refractivity contribution is 5.27. The number of ether oxygens (including phenoxy) is 1. The number of nitrogens with one attached hydrogen (secondary N) is 1. The average Bonchev–Trinajstić information content (AvgIpc) is 3.00. The molecule has 2 N–H and O–H groups in total. The largest absolute Gasteiger partial charge is 0.494 e. The lowest BCUT2D eigenvalue weighted by Gasteiger charge is -2.28. The smallest absolute Gasteiger partial charge is 0.119 e.